The van der Waals surface area contributed by atoms with Gasteiger partial charge in [-0.25, -0.2) is 0 Å². The molecule has 0 aromatic heterocycles. The van der Waals surface area contributed by atoms with E-state index in [0.717, 1.165) is 131 Å². The van der Waals surface area contributed by atoms with E-state index in [4.69, 9.17) is 0 Å². The van der Waals surface area contributed by atoms with Crippen molar-refractivity contribution in [1.82, 2.24) is 53.2 Å². The Balaban J connectivity index is 3.09. The maximum Gasteiger partial charge on any atom is 0.0676 e. The van der Waals surface area contributed by atoms with Crippen molar-refractivity contribution >= 4 is 0 Å². The number of unbranched alkanes of at least 4 members (excludes halogenated alkanes) is 7. The summed E-state index contributed by atoms with van der Waals surface area (Å²) >= 11 is 0. The van der Waals surface area contributed by atoms with Gasteiger partial charge in [0.1, 0.15) is 0 Å². The molecule has 0 aromatic carbocycles. The Labute approximate surface area is 322 Å². The third-order valence-electron chi connectivity index (χ3n) is 9.27. The van der Waals surface area contributed by atoms with Gasteiger partial charge in [-0.1, -0.05) is 13.8 Å². The van der Waals surface area contributed by atoms with Crippen molar-refractivity contribution < 1.29 is 10.2 Å². The second-order valence-corrected chi connectivity index (χ2v) is 14.5. The van der Waals surface area contributed by atoms with Crippen LogP contribution in [-0.4, -0.2) is 153 Å². The quantitative estimate of drug-likeness (QED) is 0.0411. The third kappa shape index (κ3) is 45.7. The Morgan fingerprint density at radius 3 is 0.615 bits per heavy atom. The molecule has 0 amide bonds. The summed E-state index contributed by atoms with van der Waals surface area (Å²) in [5.74, 6) is 0. The lowest BCUT2D eigenvalue weighted by atomic mass is 10.2. The van der Waals surface area contributed by atoms with E-state index in [1.807, 2.05) is 0 Å². The molecule has 12 heteroatoms. The molecule has 2 atom stereocenters. The number of aliphatic hydroxyl groups excluding tert-OH is 2. The van der Waals surface area contributed by atoms with Gasteiger partial charge in [0.05, 0.1) is 12.2 Å². The van der Waals surface area contributed by atoms with E-state index in [-0.39, 0.29) is 12.2 Å². The van der Waals surface area contributed by atoms with Gasteiger partial charge < -0.3 is 63.4 Å². The highest BCUT2D eigenvalue weighted by atomic mass is 16.3. The van der Waals surface area contributed by atoms with E-state index in [2.05, 4.69) is 67.0 Å². The molecule has 12 N–H and O–H groups in total. The Kier molecular flexibility index (Phi) is 46.2. The fourth-order valence-corrected chi connectivity index (χ4v) is 5.86. The number of hydrogen-bond acceptors (Lipinski definition) is 12. The topological polar surface area (TPSA) is 161 Å². The molecular weight excluding hydrogens is 653 g/mol. The molecule has 0 aliphatic rings. The van der Waals surface area contributed by atoms with Crippen LogP contribution >= 0.6 is 0 Å². The highest BCUT2D eigenvalue weighted by Crippen LogP contribution is 1.94. The van der Waals surface area contributed by atoms with E-state index >= 15 is 0 Å². The lowest BCUT2D eigenvalue weighted by Crippen LogP contribution is -2.30. The molecule has 0 saturated heterocycles. The van der Waals surface area contributed by atoms with Crippen molar-refractivity contribution in [3.8, 4) is 0 Å². The molecular formula is C40H92N10O2. The van der Waals surface area contributed by atoms with Crippen LogP contribution in [-0.2, 0) is 0 Å². The minimum atomic E-state index is -0.236. The van der Waals surface area contributed by atoms with E-state index in [9.17, 15) is 10.2 Å². The van der Waals surface area contributed by atoms with Gasteiger partial charge in [0.2, 0.25) is 0 Å². The predicted molar refractivity (Wildman–Crippen MR) is 226 cm³/mol. The third-order valence-corrected chi connectivity index (χ3v) is 9.27. The van der Waals surface area contributed by atoms with Gasteiger partial charge in [0.15, 0.2) is 0 Å². The molecule has 314 valence electrons. The van der Waals surface area contributed by atoms with Crippen molar-refractivity contribution in [2.45, 2.75) is 129 Å². The summed E-state index contributed by atoms with van der Waals surface area (Å²) in [7, 11) is 0. The Morgan fingerprint density at radius 2 is 0.442 bits per heavy atom. The zero-order valence-electron chi connectivity index (χ0n) is 34.5. The largest absolute Gasteiger partial charge is 0.392 e. The summed E-state index contributed by atoms with van der Waals surface area (Å²) in [5, 5.41) is 54.4. The Hall–Kier alpha value is -0.480. The van der Waals surface area contributed by atoms with Gasteiger partial charge in [0, 0.05) is 13.1 Å². The normalized spacial score (nSPS) is 12.9. The van der Waals surface area contributed by atoms with Crippen molar-refractivity contribution in [3.63, 3.8) is 0 Å². The van der Waals surface area contributed by atoms with Gasteiger partial charge in [0.25, 0.3) is 0 Å². The zero-order chi connectivity index (χ0) is 37.7. The Bertz CT molecular complexity index is 589. The van der Waals surface area contributed by atoms with Gasteiger partial charge in [-0.2, -0.15) is 0 Å². The maximum atomic E-state index is 9.80. The van der Waals surface area contributed by atoms with Gasteiger partial charge in [-0.15, -0.1) is 0 Å². The summed E-state index contributed by atoms with van der Waals surface area (Å²) in [5.41, 5.74) is 0. The standard InChI is InChI=1S/C40H92N10O2/c1-3-41-37-39(51)19-35-49-33-17-15-31-47-29-13-11-27-45-25-9-7-23-43-21-5-6-22-44-24-8-10-26-46-28-12-14-30-48-32-16-18-34-50-36-20-40(52)38-42-4-2/h39-52H,3-38H2,1-2H3. The number of nitrogens with one attached hydrogen (secondary N) is 10. The molecule has 2 unspecified atom stereocenters. The molecule has 0 aliphatic carbocycles. The second-order valence-electron chi connectivity index (χ2n) is 14.5. The monoisotopic (exact) mass is 745 g/mol. The molecule has 12 nitrogen and oxygen atoms in total. The molecule has 0 aliphatic heterocycles. The predicted octanol–water partition coefficient (Wildman–Crippen LogP) is 1.89. The maximum absolute atomic E-state index is 9.80. The highest BCUT2D eigenvalue weighted by Gasteiger charge is 2.03. The minimum Gasteiger partial charge on any atom is -0.392 e. The van der Waals surface area contributed by atoms with Gasteiger partial charge in [-0.05, 0) is 221 Å². The number of hydrogen-bond donors (Lipinski definition) is 12. The van der Waals surface area contributed by atoms with E-state index in [0.29, 0.717) is 13.1 Å². The van der Waals surface area contributed by atoms with Crippen LogP contribution in [0, 0.1) is 0 Å². The molecule has 0 spiro atoms. The minimum absolute atomic E-state index is 0.236. The summed E-state index contributed by atoms with van der Waals surface area (Å²) in [6.07, 6.45) is 18.5. The van der Waals surface area contributed by atoms with E-state index in [1.54, 1.807) is 0 Å². The van der Waals surface area contributed by atoms with Crippen LogP contribution in [0.25, 0.3) is 0 Å². The Morgan fingerprint density at radius 1 is 0.269 bits per heavy atom. The average Bonchev–Trinajstić information content (AvgIpc) is 3.15. The summed E-state index contributed by atoms with van der Waals surface area (Å²) in [6, 6.07) is 0. The molecule has 52 heavy (non-hydrogen) atoms. The molecule has 0 rings (SSSR count). The average molecular weight is 745 g/mol. The molecule has 0 radical (unpaired) electrons. The van der Waals surface area contributed by atoms with E-state index < -0.39 is 0 Å². The first-order chi connectivity index (χ1) is 25.7. The van der Waals surface area contributed by atoms with Crippen LogP contribution in [0.1, 0.15) is 117 Å². The van der Waals surface area contributed by atoms with Crippen LogP contribution in [0.4, 0.5) is 0 Å². The molecule has 0 aromatic rings. The fraction of sp³-hybridized carbons (Fsp3) is 1.00. The summed E-state index contributed by atoms with van der Waals surface area (Å²) < 4.78 is 0. The zero-order valence-corrected chi connectivity index (χ0v) is 34.5. The van der Waals surface area contributed by atoms with Crippen LogP contribution in [0.2, 0.25) is 0 Å². The van der Waals surface area contributed by atoms with Crippen molar-refractivity contribution in [2.75, 3.05) is 131 Å². The van der Waals surface area contributed by atoms with Crippen LogP contribution in [0.15, 0.2) is 0 Å². The lowest BCUT2D eigenvalue weighted by molar-refractivity contribution is 0.161. The second kappa shape index (κ2) is 46.7. The number of likely N-dealkylation sites (N-methyl/N-ethyl adjacent to an activating group) is 2. The number of aliphatic hydroxyl groups is 2. The fourth-order valence-electron chi connectivity index (χ4n) is 5.86. The first kappa shape index (κ1) is 51.5. The number of rotatable bonds is 47. The van der Waals surface area contributed by atoms with E-state index in [1.165, 1.54) is 89.9 Å². The molecule has 0 bridgehead atoms. The smallest absolute Gasteiger partial charge is 0.0676 e. The summed E-state index contributed by atoms with van der Waals surface area (Å²) in [4.78, 5) is 0. The lowest BCUT2D eigenvalue weighted by Gasteiger charge is -2.11. The first-order valence-corrected chi connectivity index (χ1v) is 22.1. The summed E-state index contributed by atoms with van der Waals surface area (Å²) in [6.45, 7) is 24.8. The highest BCUT2D eigenvalue weighted by molar-refractivity contribution is 4.63. The SMILES string of the molecule is CCNCC(O)CCNCCCCNCCCCNCCCCNCCCCNCCCCNCCCCNCCCCNCCC(O)CNCC. The van der Waals surface area contributed by atoms with Gasteiger partial charge >= 0.3 is 0 Å². The van der Waals surface area contributed by atoms with Crippen LogP contribution in [0.3, 0.4) is 0 Å². The van der Waals surface area contributed by atoms with Crippen LogP contribution in [0.5, 0.6) is 0 Å². The van der Waals surface area contributed by atoms with Gasteiger partial charge in [-0.3, -0.25) is 0 Å². The molecule has 0 heterocycles. The van der Waals surface area contributed by atoms with Crippen molar-refractivity contribution in [3.05, 3.63) is 0 Å². The van der Waals surface area contributed by atoms with Crippen molar-refractivity contribution in [1.29, 1.82) is 0 Å². The first-order valence-electron chi connectivity index (χ1n) is 22.1. The van der Waals surface area contributed by atoms with Crippen molar-refractivity contribution in [2.24, 2.45) is 0 Å². The molecule has 0 saturated carbocycles. The van der Waals surface area contributed by atoms with Crippen LogP contribution < -0.4 is 53.2 Å². The molecule has 0 fully saturated rings.